The van der Waals surface area contributed by atoms with Gasteiger partial charge in [-0.2, -0.15) is 4.31 Å². The Morgan fingerprint density at radius 2 is 1.83 bits per heavy atom. The number of nitrogens with zero attached hydrogens (tertiary/aromatic N) is 2. The molecule has 2 heterocycles. The number of hydrogen-bond donors (Lipinski definition) is 1. The van der Waals surface area contributed by atoms with Crippen molar-refractivity contribution in [2.45, 2.75) is 44.4 Å². The summed E-state index contributed by atoms with van der Waals surface area (Å²) in [5, 5.41) is 6.85. The normalized spacial score (nSPS) is 17.2. The molecule has 1 aliphatic rings. The van der Waals surface area contributed by atoms with E-state index in [9.17, 15) is 13.2 Å². The molecule has 1 N–H and O–H groups in total. The lowest BCUT2D eigenvalue weighted by molar-refractivity contribution is -0.120. The molecule has 0 saturated carbocycles. The summed E-state index contributed by atoms with van der Waals surface area (Å²) in [6.45, 7) is 6.31. The molecule has 7 nitrogen and oxygen atoms in total. The highest BCUT2D eigenvalue weighted by Gasteiger charge is 2.37. The van der Waals surface area contributed by atoms with Gasteiger partial charge in [0, 0.05) is 18.8 Å². The van der Waals surface area contributed by atoms with Crippen molar-refractivity contribution in [1.29, 1.82) is 0 Å². The van der Waals surface area contributed by atoms with Crippen LogP contribution in [0.3, 0.4) is 0 Å². The number of nitrogens with one attached hydrogen (secondary N) is 1. The predicted molar refractivity (Wildman–Crippen MR) is 137 cm³/mol. The van der Waals surface area contributed by atoms with Crippen LogP contribution in [-0.2, 0) is 14.8 Å². The van der Waals surface area contributed by atoms with Crippen LogP contribution in [0.4, 0.5) is 5.69 Å². The molecule has 184 valence electrons. The third kappa shape index (κ3) is 5.71. The van der Waals surface area contributed by atoms with E-state index in [4.69, 9.17) is 4.52 Å². The lowest BCUT2D eigenvalue weighted by atomic mass is 9.98. The Labute approximate surface area is 206 Å². The first kappa shape index (κ1) is 24.9. The van der Waals surface area contributed by atoms with E-state index in [1.54, 1.807) is 19.1 Å². The zero-order valence-corrected chi connectivity index (χ0v) is 21.1. The molecular formula is C27H31N3O4S. The highest BCUT2D eigenvalue weighted by atomic mass is 32.2. The largest absolute Gasteiger partial charge is 0.355 e. The van der Waals surface area contributed by atoms with Gasteiger partial charge in [-0.3, -0.25) is 4.79 Å². The van der Waals surface area contributed by atoms with Gasteiger partial charge < -0.3 is 9.84 Å². The molecule has 0 bridgehead atoms. The van der Waals surface area contributed by atoms with Gasteiger partial charge in [-0.1, -0.05) is 67.5 Å². The SMILES string of the molecule is Cc1noc(/C=C/c2ccccc2)c1S(=O)(=O)N1CCCC(C(=O)Nc2ccc(C(C)C)cc2)C1. The van der Waals surface area contributed by atoms with Crippen LogP contribution in [0.15, 0.2) is 64.0 Å². The van der Waals surface area contributed by atoms with E-state index in [0.29, 0.717) is 36.7 Å². The fraction of sp³-hybridized carbons (Fsp3) is 0.333. The van der Waals surface area contributed by atoms with Crippen molar-refractivity contribution in [2.24, 2.45) is 5.92 Å². The number of amides is 1. The number of carbonyl (C=O) groups excluding carboxylic acids is 1. The number of hydrogen-bond acceptors (Lipinski definition) is 5. The second kappa shape index (κ2) is 10.6. The van der Waals surface area contributed by atoms with Crippen molar-refractivity contribution in [1.82, 2.24) is 9.46 Å². The summed E-state index contributed by atoms with van der Waals surface area (Å²) in [6.07, 6.45) is 4.64. The number of aromatic nitrogens is 1. The number of piperidine rings is 1. The summed E-state index contributed by atoms with van der Waals surface area (Å²) in [5.41, 5.74) is 3.12. The third-order valence-electron chi connectivity index (χ3n) is 6.26. The van der Waals surface area contributed by atoms with Crippen molar-refractivity contribution in [2.75, 3.05) is 18.4 Å². The Bertz CT molecular complexity index is 1300. The first-order valence-electron chi connectivity index (χ1n) is 11.9. The molecular weight excluding hydrogens is 462 g/mol. The van der Waals surface area contributed by atoms with Crippen molar-refractivity contribution in [3.05, 3.63) is 77.2 Å². The quantitative estimate of drug-likeness (QED) is 0.481. The minimum Gasteiger partial charge on any atom is -0.355 e. The van der Waals surface area contributed by atoms with Gasteiger partial charge in [0.1, 0.15) is 5.69 Å². The van der Waals surface area contributed by atoms with Crippen LogP contribution in [0.25, 0.3) is 12.2 Å². The first-order chi connectivity index (χ1) is 16.8. The van der Waals surface area contributed by atoms with E-state index in [0.717, 1.165) is 5.56 Å². The maximum absolute atomic E-state index is 13.6. The molecule has 1 fully saturated rings. The highest BCUT2D eigenvalue weighted by molar-refractivity contribution is 7.89. The Balaban J connectivity index is 1.49. The van der Waals surface area contributed by atoms with Crippen LogP contribution in [0.2, 0.25) is 0 Å². The fourth-order valence-corrected chi connectivity index (χ4v) is 6.01. The van der Waals surface area contributed by atoms with Crippen molar-refractivity contribution < 1.29 is 17.7 Å². The average Bonchev–Trinajstić information content (AvgIpc) is 3.25. The Morgan fingerprint density at radius 1 is 1.11 bits per heavy atom. The maximum Gasteiger partial charge on any atom is 0.248 e. The van der Waals surface area contributed by atoms with Gasteiger partial charge in [0.15, 0.2) is 10.7 Å². The molecule has 1 aliphatic heterocycles. The summed E-state index contributed by atoms with van der Waals surface area (Å²) in [7, 11) is -3.89. The lowest BCUT2D eigenvalue weighted by Crippen LogP contribution is -2.43. The van der Waals surface area contributed by atoms with E-state index in [2.05, 4.69) is 24.3 Å². The van der Waals surface area contributed by atoms with Gasteiger partial charge >= 0.3 is 0 Å². The molecule has 8 heteroatoms. The minimum atomic E-state index is -3.89. The van der Waals surface area contributed by atoms with E-state index >= 15 is 0 Å². The number of benzene rings is 2. The van der Waals surface area contributed by atoms with Gasteiger partial charge in [-0.15, -0.1) is 0 Å². The standard InChI is InChI=1S/C27H31N3O4S/c1-19(2)22-12-14-24(15-13-22)28-27(31)23-10-7-17-30(18-23)35(32,33)26-20(3)29-34-25(26)16-11-21-8-5-4-6-9-21/h4-6,8-9,11-16,19,23H,7,10,17-18H2,1-3H3,(H,28,31)/b16-11+. The smallest absolute Gasteiger partial charge is 0.248 e. The number of rotatable bonds is 7. The lowest BCUT2D eigenvalue weighted by Gasteiger charge is -2.31. The average molecular weight is 494 g/mol. The molecule has 1 atom stereocenters. The van der Waals surface area contributed by atoms with Crippen molar-refractivity contribution in [3.63, 3.8) is 0 Å². The first-order valence-corrected chi connectivity index (χ1v) is 13.3. The Hall–Kier alpha value is -3.23. The maximum atomic E-state index is 13.6. The number of aryl methyl sites for hydroxylation is 1. The molecule has 2 aromatic carbocycles. The zero-order valence-electron chi connectivity index (χ0n) is 20.3. The summed E-state index contributed by atoms with van der Waals surface area (Å²) in [4.78, 5) is 13.0. The second-order valence-corrected chi connectivity index (χ2v) is 11.0. The molecule has 1 saturated heterocycles. The number of carbonyl (C=O) groups is 1. The van der Waals surface area contributed by atoms with Crippen LogP contribution in [-0.4, -0.2) is 36.9 Å². The minimum absolute atomic E-state index is 0.0509. The highest BCUT2D eigenvalue weighted by Crippen LogP contribution is 2.30. The third-order valence-corrected chi connectivity index (χ3v) is 8.28. The summed E-state index contributed by atoms with van der Waals surface area (Å²) >= 11 is 0. The topological polar surface area (TPSA) is 92.5 Å². The van der Waals surface area contributed by atoms with E-state index in [-0.39, 0.29) is 23.1 Å². The monoisotopic (exact) mass is 493 g/mol. The molecule has 1 amide bonds. The zero-order chi connectivity index (χ0) is 25.0. The van der Waals surface area contributed by atoms with Gasteiger partial charge in [0.25, 0.3) is 0 Å². The summed E-state index contributed by atoms with van der Waals surface area (Å²) < 4.78 is 33.9. The van der Waals surface area contributed by atoms with Crippen LogP contribution in [0, 0.1) is 12.8 Å². The molecule has 4 rings (SSSR count). The Morgan fingerprint density at radius 3 is 2.51 bits per heavy atom. The van der Waals surface area contributed by atoms with Crippen molar-refractivity contribution in [3.8, 4) is 0 Å². The Kier molecular flexibility index (Phi) is 7.52. The molecule has 0 spiro atoms. The van der Waals surface area contributed by atoms with Crippen LogP contribution < -0.4 is 5.32 Å². The molecule has 1 unspecified atom stereocenters. The second-order valence-electron chi connectivity index (χ2n) is 9.17. The predicted octanol–water partition coefficient (Wildman–Crippen LogP) is 5.32. The van der Waals surface area contributed by atoms with E-state index in [1.165, 1.54) is 9.87 Å². The van der Waals surface area contributed by atoms with Gasteiger partial charge in [0.05, 0.1) is 5.92 Å². The molecule has 1 aromatic heterocycles. The molecule has 0 radical (unpaired) electrons. The van der Waals surface area contributed by atoms with Crippen LogP contribution in [0.1, 0.15) is 55.2 Å². The van der Waals surface area contributed by atoms with Gasteiger partial charge in [0.2, 0.25) is 15.9 Å². The van der Waals surface area contributed by atoms with Gasteiger partial charge in [-0.25, -0.2) is 8.42 Å². The summed E-state index contributed by atoms with van der Waals surface area (Å²) in [6, 6.07) is 17.3. The van der Waals surface area contributed by atoms with E-state index < -0.39 is 15.9 Å². The van der Waals surface area contributed by atoms with Crippen LogP contribution in [0.5, 0.6) is 0 Å². The molecule has 0 aliphatic carbocycles. The summed E-state index contributed by atoms with van der Waals surface area (Å²) in [5.74, 6) is -0.0199. The molecule has 35 heavy (non-hydrogen) atoms. The van der Waals surface area contributed by atoms with E-state index in [1.807, 2.05) is 54.6 Å². The number of anilines is 1. The van der Waals surface area contributed by atoms with Crippen molar-refractivity contribution >= 4 is 33.8 Å². The van der Waals surface area contributed by atoms with Crippen LogP contribution >= 0.6 is 0 Å². The fourth-order valence-electron chi connectivity index (χ4n) is 4.23. The number of sulfonamides is 1. The van der Waals surface area contributed by atoms with Gasteiger partial charge in [-0.05, 0) is 55.0 Å². The molecule has 3 aromatic rings.